The number of amides is 2. The van der Waals surface area contributed by atoms with E-state index in [0.29, 0.717) is 45.7 Å². The van der Waals surface area contributed by atoms with E-state index in [0.717, 1.165) is 0 Å². The number of hydrogen-bond acceptors (Lipinski definition) is 4. The summed E-state index contributed by atoms with van der Waals surface area (Å²) in [6, 6.07) is 13.3. The number of hydrogen-bond donors (Lipinski definition) is 4. The molecule has 0 aliphatic carbocycles. The van der Waals surface area contributed by atoms with E-state index in [1.165, 1.54) is 30.3 Å². The second-order valence-electron chi connectivity index (χ2n) is 6.85. The molecule has 31 heavy (non-hydrogen) atoms. The Hall–Kier alpha value is -3.94. The van der Waals surface area contributed by atoms with Gasteiger partial charge < -0.3 is 22.1 Å². The molecule has 6 N–H and O–H groups in total. The molecular weight excluding hydrogens is 402 g/mol. The molecule has 1 aliphatic heterocycles. The van der Waals surface area contributed by atoms with Gasteiger partial charge in [0, 0.05) is 30.0 Å². The molecule has 0 radical (unpaired) electrons. The molecule has 0 fully saturated rings. The molecule has 3 aromatic rings. The van der Waals surface area contributed by atoms with E-state index >= 15 is 0 Å². The topological polar surface area (TPSA) is 110 Å². The van der Waals surface area contributed by atoms with Gasteiger partial charge in [0.25, 0.3) is 11.8 Å². The maximum absolute atomic E-state index is 14.2. The van der Waals surface area contributed by atoms with Crippen LogP contribution in [0.25, 0.3) is 11.1 Å². The third-order valence-corrected chi connectivity index (χ3v) is 4.70. The van der Waals surface area contributed by atoms with Gasteiger partial charge in [-0.3, -0.25) is 9.59 Å². The minimum atomic E-state index is -0.461. The molecule has 8 heteroatoms. The zero-order valence-electron chi connectivity index (χ0n) is 16.8. The molecule has 3 aromatic carbocycles. The molecular formula is C23H22F2N4O2. The van der Waals surface area contributed by atoms with Gasteiger partial charge in [0.2, 0.25) is 0 Å². The van der Waals surface area contributed by atoms with Gasteiger partial charge in [-0.2, -0.15) is 0 Å². The summed E-state index contributed by atoms with van der Waals surface area (Å²) in [5, 5.41) is 5.38. The molecule has 0 atom stereocenters. The van der Waals surface area contributed by atoms with Gasteiger partial charge >= 0.3 is 0 Å². The number of nitrogen functional groups attached to an aromatic ring is 2. The van der Waals surface area contributed by atoms with Crippen molar-refractivity contribution in [2.24, 2.45) is 0 Å². The first kappa shape index (κ1) is 21.8. The van der Waals surface area contributed by atoms with Crippen LogP contribution < -0.4 is 22.1 Å². The van der Waals surface area contributed by atoms with Crippen LogP contribution in [-0.2, 0) is 6.54 Å². The molecule has 0 spiro atoms. The largest absolute Gasteiger partial charge is 0.399 e. The van der Waals surface area contributed by atoms with Crippen LogP contribution in [0.4, 0.5) is 20.2 Å². The second kappa shape index (κ2) is 9.25. The first-order valence-corrected chi connectivity index (χ1v) is 9.60. The van der Waals surface area contributed by atoms with Gasteiger partial charge in [-0.05, 0) is 66.6 Å². The number of halogens is 2. The van der Waals surface area contributed by atoms with Gasteiger partial charge in [-0.25, -0.2) is 8.78 Å². The molecule has 0 bridgehead atoms. The van der Waals surface area contributed by atoms with Gasteiger partial charge in [0.15, 0.2) is 0 Å². The molecule has 0 aromatic heterocycles. The van der Waals surface area contributed by atoms with Crippen molar-refractivity contribution in [3.05, 3.63) is 82.9 Å². The second-order valence-corrected chi connectivity index (χ2v) is 6.85. The highest BCUT2D eigenvalue weighted by molar-refractivity contribution is 6.11. The van der Waals surface area contributed by atoms with Crippen molar-refractivity contribution in [1.82, 2.24) is 10.6 Å². The number of nitrogens with one attached hydrogen (secondary N) is 2. The van der Waals surface area contributed by atoms with Gasteiger partial charge in [0.05, 0.1) is 11.1 Å². The Morgan fingerprint density at radius 3 is 2.26 bits per heavy atom. The van der Waals surface area contributed by atoms with Gasteiger partial charge in [-0.1, -0.05) is 6.07 Å². The van der Waals surface area contributed by atoms with Crippen molar-refractivity contribution in [3.63, 3.8) is 0 Å². The van der Waals surface area contributed by atoms with Crippen molar-refractivity contribution < 1.29 is 18.4 Å². The Bertz CT molecular complexity index is 1110. The maximum atomic E-state index is 14.2. The fraction of sp³-hybridized carbons (Fsp3) is 0.130. The van der Waals surface area contributed by atoms with E-state index in [1.807, 2.05) is 0 Å². The Kier molecular flexibility index (Phi) is 6.49. The van der Waals surface area contributed by atoms with Crippen LogP contribution in [0.1, 0.15) is 33.2 Å². The van der Waals surface area contributed by atoms with Crippen molar-refractivity contribution in [2.45, 2.75) is 13.5 Å². The minimum absolute atomic E-state index is 0.251. The Labute approximate surface area is 178 Å². The summed E-state index contributed by atoms with van der Waals surface area (Å²) in [7, 11) is 0. The highest BCUT2D eigenvalue weighted by atomic mass is 19.1. The summed E-state index contributed by atoms with van der Waals surface area (Å²) in [5.41, 5.74) is 13.9. The van der Waals surface area contributed by atoms with Crippen molar-refractivity contribution in [1.29, 1.82) is 0 Å². The SMILES string of the molecule is CCNC(=O)c1ccc(-c2ccc(N)cc2F)c2c1C(=O)NC2.Nc1ccc(F)cc1. The van der Waals surface area contributed by atoms with Crippen LogP contribution >= 0.6 is 0 Å². The summed E-state index contributed by atoms with van der Waals surface area (Å²) >= 11 is 0. The zero-order valence-corrected chi connectivity index (χ0v) is 16.8. The standard InChI is InChI=1S/C17H16FN3O2.C6H6FN/c1-2-20-16(22)12-6-5-10(13-8-21-17(23)15(12)13)11-4-3-9(19)7-14(11)18;7-5-1-3-6(8)4-2-5/h3-7H,2,8,19H2,1H3,(H,20,22)(H,21,23);1-4H,8H2. The molecule has 1 heterocycles. The van der Waals surface area contributed by atoms with Crippen LogP contribution in [0, 0.1) is 11.6 Å². The highest BCUT2D eigenvalue weighted by Crippen LogP contribution is 2.33. The molecule has 1 aliphatic rings. The summed E-state index contributed by atoms with van der Waals surface area (Å²) in [6.07, 6.45) is 0. The molecule has 0 saturated heterocycles. The predicted molar refractivity (Wildman–Crippen MR) is 116 cm³/mol. The Morgan fingerprint density at radius 1 is 1.00 bits per heavy atom. The minimum Gasteiger partial charge on any atom is -0.399 e. The molecule has 0 saturated carbocycles. The number of carbonyl (C=O) groups is 2. The van der Waals surface area contributed by atoms with E-state index in [1.54, 1.807) is 31.2 Å². The van der Waals surface area contributed by atoms with Crippen LogP contribution in [0.3, 0.4) is 0 Å². The average Bonchev–Trinajstić information content (AvgIpc) is 3.12. The quantitative estimate of drug-likeness (QED) is 0.483. The zero-order chi connectivity index (χ0) is 22.5. The van der Waals surface area contributed by atoms with Gasteiger partial charge in [0.1, 0.15) is 11.6 Å². The maximum Gasteiger partial charge on any atom is 0.252 e. The number of rotatable bonds is 3. The smallest absolute Gasteiger partial charge is 0.252 e. The highest BCUT2D eigenvalue weighted by Gasteiger charge is 2.29. The summed E-state index contributed by atoms with van der Waals surface area (Å²) in [4.78, 5) is 24.2. The Morgan fingerprint density at radius 2 is 1.65 bits per heavy atom. The van der Waals surface area contributed by atoms with E-state index in [2.05, 4.69) is 10.6 Å². The van der Waals surface area contributed by atoms with Crippen molar-refractivity contribution in [2.75, 3.05) is 18.0 Å². The molecule has 4 rings (SSSR count). The van der Waals surface area contributed by atoms with Gasteiger partial charge in [-0.15, -0.1) is 0 Å². The third-order valence-electron chi connectivity index (χ3n) is 4.70. The van der Waals surface area contributed by atoms with Crippen molar-refractivity contribution >= 4 is 23.2 Å². The predicted octanol–water partition coefficient (Wildman–Crippen LogP) is 3.48. The van der Waals surface area contributed by atoms with E-state index in [9.17, 15) is 18.4 Å². The molecule has 2 amide bonds. The number of carbonyl (C=O) groups excluding carboxylic acids is 2. The Balaban J connectivity index is 0.000000287. The van der Waals surface area contributed by atoms with Crippen LogP contribution in [0.2, 0.25) is 0 Å². The fourth-order valence-corrected chi connectivity index (χ4v) is 3.26. The van der Waals surface area contributed by atoms with E-state index in [4.69, 9.17) is 11.5 Å². The lowest BCUT2D eigenvalue weighted by Gasteiger charge is -2.12. The monoisotopic (exact) mass is 424 g/mol. The number of nitrogens with two attached hydrogens (primary N) is 2. The van der Waals surface area contributed by atoms with E-state index in [-0.39, 0.29) is 24.2 Å². The summed E-state index contributed by atoms with van der Waals surface area (Å²) in [6.45, 7) is 2.53. The normalized spacial score (nSPS) is 11.8. The van der Waals surface area contributed by atoms with Crippen LogP contribution in [0.5, 0.6) is 0 Å². The van der Waals surface area contributed by atoms with Crippen LogP contribution in [0.15, 0.2) is 54.6 Å². The first-order chi connectivity index (χ1) is 14.8. The van der Waals surface area contributed by atoms with E-state index < -0.39 is 5.82 Å². The third kappa shape index (κ3) is 4.80. The van der Waals surface area contributed by atoms with Crippen LogP contribution in [-0.4, -0.2) is 18.4 Å². The number of fused-ring (bicyclic) bond motifs is 1. The summed E-state index contributed by atoms with van der Waals surface area (Å²) in [5.74, 6) is -1.35. The molecule has 6 nitrogen and oxygen atoms in total. The fourth-order valence-electron chi connectivity index (χ4n) is 3.26. The molecule has 0 unspecified atom stereocenters. The summed E-state index contributed by atoms with van der Waals surface area (Å²) < 4.78 is 26.2. The lowest BCUT2D eigenvalue weighted by molar-refractivity contribution is 0.0928. The number of anilines is 2. The van der Waals surface area contributed by atoms with Crippen molar-refractivity contribution in [3.8, 4) is 11.1 Å². The number of benzene rings is 3. The molecule has 160 valence electrons. The lowest BCUT2D eigenvalue weighted by Crippen LogP contribution is -2.25. The lowest BCUT2D eigenvalue weighted by atomic mass is 9.92. The average molecular weight is 424 g/mol. The first-order valence-electron chi connectivity index (χ1n) is 9.60.